The van der Waals surface area contributed by atoms with E-state index in [-0.39, 0.29) is 0 Å². The molecule has 4 nitrogen and oxygen atoms in total. The molecular formula is C18H21N4. The zero-order chi connectivity index (χ0) is 15.2. The highest BCUT2D eigenvalue weighted by Gasteiger charge is 2.07. The highest BCUT2D eigenvalue weighted by molar-refractivity contribution is 5.68. The quantitative estimate of drug-likeness (QED) is 0.668. The van der Waals surface area contributed by atoms with Crippen molar-refractivity contribution in [2.45, 2.75) is 45.6 Å². The third-order valence-electron chi connectivity index (χ3n) is 3.80. The van der Waals surface area contributed by atoms with E-state index < -0.39 is 0 Å². The SMILES string of the molecule is CCCCc1n[c]c2ncn(CCCc3ccccc3)c2n1. The molecule has 2 aromatic heterocycles. The van der Waals surface area contributed by atoms with Crippen molar-refractivity contribution in [1.82, 2.24) is 19.5 Å². The molecule has 0 spiro atoms. The third-order valence-corrected chi connectivity index (χ3v) is 3.80. The minimum atomic E-state index is 0.764. The second-order valence-corrected chi connectivity index (χ2v) is 5.55. The molecule has 0 atom stereocenters. The Kier molecular flexibility index (Phi) is 4.78. The van der Waals surface area contributed by atoms with Gasteiger partial charge in [0.15, 0.2) is 5.65 Å². The van der Waals surface area contributed by atoms with E-state index >= 15 is 0 Å². The Labute approximate surface area is 131 Å². The monoisotopic (exact) mass is 293 g/mol. The molecule has 0 aliphatic rings. The van der Waals surface area contributed by atoms with E-state index in [1.807, 2.05) is 6.33 Å². The first-order valence-corrected chi connectivity index (χ1v) is 8.00. The molecule has 4 heteroatoms. The van der Waals surface area contributed by atoms with Crippen LogP contribution in [0.25, 0.3) is 11.2 Å². The number of nitrogens with zero attached hydrogens (tertiary/aromatic N) is 4. The molecule has 0 aliphatic carbocycles. The van der Waals surface area contributed by atoms with E-state index in [1.54, 1.807) is 0 Å². The standard InChI is InChI=1S/C18H21N4/c1-2-3-11-17-19-13-16-18(21-17)22(14-20-16)12-7-10-15-8-5-4-6-9-15/h4-6,8-9,14H,2-3,7,10-12H2,1H3. The van der Waals surface area contributed by atoms with Crippen LogP contribution in [0, 0.1) is 6.20 Å². The van der Waals surface area contributed by atoms with Crippen LogP contribution in [0.3, 0.4) is 0 Å². The van der Waals surface area contributed by atoms with Crippen molar-refractivity contribution in [2.24, 2.45) is 0 Å². The topological polar surface area (TPSA) is 43.6 Å². The molecule has 0 unspecified atom stereocenters. The van der Waals surface area contributed by atoms with Gasteiger partial charge in [-0.2, -0.15) is 0 Å². The van der Waals surface area contributed by atoms with Gasteiger partial charge in [0.1, 0.15) is 17.5 Å². The Bertz CT molecular complexity index is 718. The maximum atomic E-state index is 4.66. The average molecular weight is 293 g/mol. The predicted octanol–water partition coefficient (Wildman–Crippen LogP) is 3.60. The van der Waals surface area contributed by atoms with Crippen molar-refractivity contribution in [3.05, 3.63) is 54.2 Å². The third kappa shape index (κ3) is 3.50. The van der Waals surface area contributed by atoms with Gasteiger partial charge in [-0.1, -0.05) is 43.7 Å². The molecule has 0 saturated heterocycles. The smallest absolute Gasteiger partial charge is 0.164 e. The Balaban J connectivity index is 1.67. The van der Waals surface area contributed by atoms with Gasteiger partial charge in [0, 0.05) is 13.0 Å². The molecule has 3 rings (SSSR count). The zero-order valence-electron chi connectivity index (χ0n) is 13.0. The highest BCUT2D eigenvalue weighted by Crippen LogP contribution is 2.12. The molecule has 0 amide bonds. The van der Waals surface area contributed by atoms with E-state index in [0.29, 0.717) is 0 Å². The fourth-order valence-electron chi connectivity index (χ4n) is 2.55. The van der Waals surface area contributed by atoms with Crippen LogP contribution in [-0.2, 0) is 19.4 Å². The number of hydrogen-bond acceptors (Lipinski definition) is 3. The van der Waals surface area contributed by atoms with Gasteiger partial charge in [-0.25, -0.2) is 15.0 Å². The van der Waals surface area contributed by atoms with Crippen LogP contribution < -0.4 is 0 Å². The largest absolute Gasteiger partial charge is 0.315 e. The molecule has 3 aromatic rings. The summed E-state index contributed by atoms with van der Waals surface area (Å²) in [4.78, 5) is 13.3. The number of aromatic nitrogens is 4. The summed E-state index contributed by atoms with van der Waals surface area (Å²) in [7, 11) is 0. The molecular weight excluding hydrogens is 272 g/mol. The molecule has 1 radical (unpaired) electrons. The average Bonchev–Trinajstić information content (AvgIpc) is 2.96. The molecule has 0 fully saturated rings. The first kappa shape index (κ1) is 14.7. The summed E-state index contributed by atoms with van der Waals surface area (Å²) in [6, 6.07) is 10.6. The van der Waals surface area contributed by atoms with Gasteiger partial charge in [-0.3, -0.25) is 0 Å². The van der Waals surface area contributed by atoms with Gasteiger partial charge < -0.3 is 4.57 Å². The second-order valence-electron chi connectivity index (χ2n) is 5.55. The van der Waals surface area contributed by atoms with Crippen LogP contribution in [0.4, 0.5) is 0 Å². The molecule has 22 heavy (non-hydrogen) atoms. The van der Waals surface area contributed by atoms with Crippen LogP contribution in [0.5, 0.6) is 0 Å². The zero-order valence-corrected chi connectivity index (χ0v) is 13.0. The maximum Gasteiger partial charge on any atom is 0.164 e. The van der Waals surface area contributed by atoms with Gasteiger partial charge in [0.25, 0.3) is 0 Å². The summed E-state index contributed by atoms with van der Waals surface area (Å²) in [6.45, 7) is 3.10. The molecule has 0 saturated carbocycles. The number of benzene rings is 1. The lowest BCUT2D eigenvalue weighted by atomic mass is 10.1. The number of unbranched alkanes of at least 4 members (excludes halogenated alkanes) is 1. The normalized spacial score (nSPS) is 11.1. The number of aryl methyl sites for hydroxylation is 3. The Morgan fingerprint density at radius 1 is 1.09 bits per heavy atom. The van der Waals surface area contributed by atoms with Crippen LogP contribution in [-0.4, -0.2) is 19.5 Å². The fraction of sp³-hybridized carbons (Fsp3) is 0.389. The number of rotatable bonds is 7. The van der Waals surface area contributed by atoms with Crippen molar-refractivity contribution in [3.63, 3.8) is 0 Å². The van der Waals surface area contributed by atoms with Crippen LogP contribution in [0.1, 0.15) is 37.6 Å². The summed E-state index contributed by atoms with van der Waals surface area (Å²) in [5, 5.41) is 0. The second kappa shape index (κ2) is 7.16. The van der Waals surface area contributed by atoms with Crippen molar-refractivity contribution in [2.75, 3.05) is 0 Å². The molecule has 1 aromatic carbocycles. The first-order chi connectivity index (χ1) is 10.9. The lowest BCUT2D eigenvalue weighted by Crippen LogP contribution is -2.02. The van der Waals surface area contributed by atoms with Gasteiger partial charge in [-0.15, -0.1) is 0 Å². The summed E-state index contributed by atoms with van der Waals surface area (Å²) in [6.07, 6.45) is 10.2. The van der Waals surface area contributed by atoms with Crippen molar-refractivity contribution in [3.8, 4) is 0 Å². The van der Waals surface area contributed by atoms with E-state index in [9.17, 15) is 0 Å². The summed E-state index contributed by atoms with van der Waals surface area (Å²) >= 11 is 0. The molecule has 113 valence electrons. The van der Waals surface area contributed by atoms with Crippen LogP contribution >= 0.6 is 0 Å². The molecule has 2 heterocycles. The van der Waals surface area contributed by atoms with Crippen LogP contribution in [0.2, 0.25) is 0 Å². The summed E-state index contributed by atoms with van der Waals surface area (Å²) in [5.74, 6) is 0.874. The van der Waals surface area contributed by atoms with Crippen molar-refractivity contribution >= 4 is 11.2 Å². The number of hydrogen-bond donors (Lipinski definition) is 0. The van der Waals surface area contributed by atoms with Gasteiger partial charge in [0.05, 0.1) is 6.33 Å². The van der Waals surface area contributed by atoms with Gasteiger partial charge in [0.2, 0.25) is 0 Å². The predicted molar refractivity (Wildman–Crippen MR) is 87.5 cm³/mol. The molecule has 0 bridgehead atoms. The molecule has 0 N–H and O–H groups in total. The van der Waals surface area contributed by atoms with Gasteiger partial charge >= 0.3 is 0 Å². The van der Waals surface area contributed by atoms with E-state index in [0.717, 1.165) is 55.6 Å². The molecule has 0 aliphatic heterocycles. The Hall–Kier alpha value is -2.23. The lowest BCUT2D eigenvalue weighted by molar-refractivity contribution is 0.650. The Morgan fingerprint density at radius 3 is 2.77 bits per heavy atom. The minimum Gasteiger partial charge on any atom is -0.315 e. The van der Waals surface area contributed by atoms with Crippen LogP contribution in [0.15, 0.2) is 36.7 Å². The van der Waals surface area contributed by atoms with Gasteiger partial charge in [-0.05, 0) is 24.8 Å². The lowest BCUT2D eigenvalue weighted by Gasteiger charge is -2.05. The fourth-order valence-corrected chi connectivity index (χ4v) is 2.55. The summed E-state index contributed by atoms with van der Waals surface area (Å²) in [5.41, 5.74) is 3.05. The van der Waals surface area contributed by atoms with E-state index in [1.165, 1.54) is 5.56 Å². The van der Waals surface area contributed by atoms with Crippen molar-refractivity contribution < 1.29 is 0 Å². The summed E-state index contributed by atoms with van der Waals surface area (Å²) < 4.78 is 2.12. The number of imidazole rings is 1. The Morgan fingerprint density at radius 2 is 1.95 bits per heavy atom. The first-order valence-electron chi connectivity index (χ1n) is 8.00. The van der Waals surface area contributed by atoms with Crippen molar-refractivity contribution in [1.29, 1.82) is 0 Å². The maximum absolute atomic E-state index is 4.66. The van der Waals surface area contributed by atoms with E-state index in [4.69, 9.17) is 0 Å². The van der Waals surface area contributed by atoms with E-state index in [2.05, 4.69) is 63.0 Å². The number of fused-ring (bicyclic) bond motifs is 1. The minimum absolute atomic E-state index is 0.764. The highest BCUT2D eigenvalue weighted by atomic mass is 15.1.